The van der Waals surface area contributed by atoms with Crippen molar-refractivity contribution in [3.63, 3.8) is 0 Å². The molecule has 2 fully saturated rings. The van der Waals surface area contributed by atoms with Gasteiger partial charge in [0.05, 0.1) is 5.54 Å². The van der Waals surface area contributed by atoms with Crippen molar-refractivity contribution < 1.29 is 9.53 Å². The number of hydrogen-bond donors (Lipinski definition) is 2. The third kappa shape index (κ3) is 3.09. The van der Waals surface area contributed by atoms with Gasteiger partial charge in [-0.25, -0.2) is 0 Å². The standard InChI is InChI=1S/C11H20N2O2.ClH/c12-11(5-7-15-8-6-11)10(14)13-9-3-1-2-4-9;/h9H,1-8,12H2,(H,13,14);1H. The first kappa shape index (κ1) is 13.7. The van der Waals surface area contributed by atoms with Gasteiger partial charge in [-0.05, 0) is 25.7 Å². The molecule has 1 amide bonds. The van der Waals surface area contributed by atoms with Crippen LogP contribution in [0.4, 0.5) is 0 Å². The minimum Gasteiger partial charge on any atom is -0.381 e. The summed E-state index contributed by atoms with van der Waals surface area (Å²) in [5.74, 6) is 0.0256. The molecule has 4 nitrogen and oxygen atoms in total. The molecule has 1 aliphatic carbocycles. The van der Waals surface area contributed by atoms with Gasteiger partial charge >= 0.3 is 0 Å². The van der Waals surface area contributed by atoms with E-state index in [1.165, 1.54) is 12.8 Å². The summed E-state index contributed by atoms with van der Waals surface area (Å²) >= 11 is 0. The number of rotatable bonds is 2. The van der Waals surface area contributed by atoms with Crippen LogP contribution < -0.4 is 11.1 Å². The number of hydrogen-bond acceptors (Lipinski definition) is 3. The summed E-state index contributed by atoms with van der Waals surface area (Å²) in [5.41, 5.74) is 5.41. The predicted molar refractivity (Wildman–Crippen MR) is 64.6 cm³/mol. The Morgan fingerprint density at radius 1 is 1.25 bits per heavy atom. The van der Waals surface area contributed by atoms with Crippen molar-refractivity contribution in [3.05, 3.63) is 0 Å². The van der Waals surface area contributed by atoms with Gasteiger partial charge in [0.2, 0.25) is 5.91 Å². The van der Waals surface area contributed by atoms with Gasteiger partial charge in [-0.1, -0.05) is 12.8 Å². The Hall–Kier alpha value is -0.320. The molecular formula is C11H21ClN2O2. The topological polar surface area (TPSA) is 64.4 Å². The molecule has 1 heterocycles. The van der Waals surface area contributed by atoms with Crippen LogP contribution in [0.1, 0.15) is 38.5 Å². The Balaban J connectivity index is 0.00000128. The van der Waals surface area contributed by atoms with E-state index in [0.29, 0.717) is 32.1 Å². The van der Waals surface area contributed by atoms with E-state index < -0.39 is 5.54 Å². The smallest absolute Gasteiger partial charge is 0.240 e. The lowest BCUT2D eigenvalue weighted by atomic mass is 9.90. The minimum atomic E-state index is -0.680. The van der Waals surface area contributed by atoms with Gasteiger partial charge in [0, 0.05) is 19.3 Å². The van der Waals surface area contributed by atoms with Gasteiger partial charge in [0.1, 0.15) is 0 Å². The van der Waals surface area contributed by atoms with Crippen molar-refractivity contribution in [1.29, 1.82) is 0 Å². The number of halogens is 1. The maximum atomic E-state index is 12.0. The maximum absolute atomic E-state index is 12.0. The Labute approximate surface area is 103 Å². The van der Waals surface area contributed by atoms with Gasteiger partial charge in [-0.15, -0.1) is 12.4 Å². The molecule has 3 N–H and O–H groups in total. The highest BCUT2D eigenvalue weighted by molar-refractivity contribution is 5.86. The van der Waals surface area contributed by atoms with Gasteiger partial charge in [-0.2, -0.15) is 0 Å². The summed E-state index contributed by atoms with van der Waals surface area (Å²) in [7, 11) is 0. The van der Waals surface area contributed by atoms with E-state index >= 15 is 0 Å². The molecule has 0 spiro atoms. The van der Waals surface area contributed by atoms with Crippen molar-refractivity contribution >= 4 is 18.3 Å². The van der Waals surface area contributed by atoms with Crippen LogP contribution in [-0.4, -0.2) is 30.7 Å². The van der Waals surface area contributed by atoms with Crippen molar-refractivity contribution in [2.75, 3.05) is 13.2 Å². The highest BCUT2D eigenvalue weighted by Gasteiger charge is 2.36. The van der Waals surface area contributed by atoms with Crippen LogP contribution >= 0.6 is 12.4 Å². The van der Waals surface area contributed by atoms with E-state index in [2.05, 4.69) is 5.32 Å². The van der Waals surface area contributed by atoms with Crippen molar-refractivity contribution in [1.82, 2.24) is 5.32 Å². The number of carbonyl (C=O) groups is 1. The van der Waals surface area contributed by atoms with Crippen molar-refractivity contribution in [2.45, 2.75) is 50.1 Å². The van der Waals surface area contributed by atoms with Crippen LogP contribution in [0, 0.1) is 0 Å². The number of amides is 1. The Bertz CT molecular complexity index is 236. The van der Waals surface area contributed by atoms with Gasteiger partial charge in [0.15, 0.2) is 0 Å². The van der Waals surface area contributed by atoms with Gasteiger partial charge in [-0.3, -0.25) is 4.79 Å². The zero-order valence-electron chi connectivity index (χ0n) is 9.54. The highest BCUT2D eigenvalue weighted by Crippen LogP contribution is 2.21. The average Bonchev–Trinajstić information content (AvgIpc) is 2.71. The summed E-state index contributed by atoms with van der Waals surface area (Å²) in [6.07, 6.45) is 5.96. The Morgan fingerprint density at radius 3 is 2.38 bits per heavy atom. The maximum Gasteiger partial charge on any atom is 0.240 e. The molecule has 0 aromatic rings. The summed E-state index contributed by atoms with van der Waals surface area (Å²) in [5, 5.41) is 3.07. The molecule has 0 bridgehead atoms. The monoisotopic (exact) mass is 248 g/mol. The normalized spacial score (nSPS) is 24.8. The number of carbonyl (C=O) groups excluding carboxylic acids is 1. The molecular weight excluding hydrogens is 228 g/mol. The second-order valence-electron chi connectivity index (χ2n) is 4.72. The first-order chi connectivity index (χ1) is 7.21. The molecule has 94 valence electrons. The van der Waals surface area contributed by atoms with Crippen molar-refractivity contribution in [2.24, 2.45) is 5.73 Å². The second-order valence-corrected chi connectivity index (χ2v) is 4.72. The quantitative estimate of drug-likeness (QED) is 0.766. The SMILES string of the molecule is Cl.NC1(C(=O)NC2CCCC2)CCOCC1. The van der Waals surface area contributed by atoms with E-state index in [1.54, 1.807) is 0 Å². The average molecular weight is 249 g/mol. The van der Waals surface area contributed by atoms with Crippen LogP contribution in [-0.2, 0) is 9.53 Å². The van der Waals surface area contributed by atoms with E-state index in [9.17, 15) is 4.79 Å². The molecule has 5 heteroatoms. The van der Waals surface area contributed by atoms with Crippen LogP contribution in [0.15, 0.2) is 0 Å². The zero-order chi connectivity index (χ0) is 10.7. The van der Waals surface area contributed by atoms with Crippen LogP contribution in [0.3, 0.4) is 0 Å². The molecule has 0 atom stereocenters. The van der Waals surface area contributed by atoms with E-state index in [4.69, 9.17) is 10.5 Å². The number of nitrogens with one attached hydrogen (secondary N) is 1. The highest BCUT2D eigenvalue weighted by atomic mass is 35.5. The summed E-state index contributed by atoms with van der Waals surface area (Å²) in [6, 6.07) is 0.362. The lowest BCUT2D eigenvalue weighted by Gasteiger charge is -2.32. The van der Waals surface area contributed by atoms with Crippen LogP contribution in [0.5, 0.6) is 0 Å². The molecule has 0 aromatic heterocycles. The first-order valence-corrected chi connectivity index (χ1v) is 5.88. The molecule has 2 rings (SSSR count). The lowest BCUT2D eigenvalue weighted by molar-refractivity contribution is -0.130. The number of ether oxygens (including phenoxy) is 1. The molecule has 16 heavy (non-hydrogen) atoms. The van der Waals surface area contributed by atoms with Gasteiger partial charge in [0.25, 0.3) is 0 Å². The third-order valence-corrected chi connectivity index (χ3v) is 3.53. The summed E-state index contributed by atoms with van der Waals surface area (Å²) < 4.78 is 5.23. The predicted octanol–water partition coefficient (Wildman–Crippen LogP) is 0.975. The van der Waals surface area contributed by atoms with E-state index in [1.807, 2.05) is 0 Å². The molecule has 0 unspecified atom stereocenters. The fraction of sp³-hybridized carbons (Fsp3) is 0.909. The third-order valence-electron chi connectivity index (χ3n) is 3.53. The van der Waals surface area contributed by atoms with E-state index in [-0.39, 0.29) is 18.3 Å². The molecule has 0 aromatic carbocycles. The fourth-order valence-corrected chi connectivity index (χ4v) is 2.36. The second kappa shape index (κ2) is 5.84. The van der Waals surface area contributed by atoms with Crippen LogP contribution in [0.25, 0.3) is 0 Å². The molecule has 1 saturated heterocycles. The molecule has 1 saturated carbocycles. The Kier molecular flexibility index (Phi) is 5.02. The zero-order valence-corrected chi connectivity index (χ0v) is 10.4. The minimum absolute atomic E-state index is 0. The summed E-state index contributed by atoms with van der Waals surface area (Å²) in [6.45, 7) is 1.21. The van der Waals surface area contributed by atoms with E-state index in [0.717, 1.165) is 12.8 Å². The molecule has 1 aliphatic heterocycles. The number of nitrogens with two attached hydrogens (primary N) is 1. The van der Waals surface area contributed by atoms with Crippen molar-refractivity contribution in [3.8, 4) is 0 Å². The van der Waals surface area contributed by atoms with Gasteiger partial charge < -0.3 is 15.8 Å². The lowest BCUT2D eigenvalue weighted by Crippen LogP contribution is -2.58. The first-order valence-electron chi connectivity index (χ1n) is 5.88. The molecule has 0 radical (unpaired) electrons. The fourth-order valence-electron chi connectivity index (χ4n) is 2.36. The largest absolute Gasteiger partial charge is 0.381 e. The Morgan fingerprint density at radius 2 is 1.81 bits per heavy atom. The molecule has 2 aliphatic rings. The summed E-state index contributed by atoms with van der Waals surface area (Å²) in [4.78, 5) is 12.0. The van der Waals surface area contributed by atoms with Crippen LogP contribution in [0.2, 0.25) is 0 Å².